The SMILES string of the molecule is COc1cccc2c(NC(CO)c3cccc(O)c3)cc(C)nc12. The van der Waals surface area contributed by atoms with Crippen LogP contribution in [0.3, 0.4) is 0 Å². The van der Waals surface area contributed by atoms with E-state index in [-0.39, 0.29) is 18.4 Å². The van der Waals surface area contributed by atoms with Crippen LogP contribution in [-0.4, -0.2) is 28.9 Å². The van der Waals surface area contributed by atoms with Crippen molar-refractivity contribution < 1.29 is 14.9 Å². The fourth-order valence-corrected chi connectivity index (χ4v) is 2.80. The maximum atomic E-state index is 9.79. The second-order valence-corrected chi connectivity index (χ2v) is 5.64. The van der Waals surface area contributed by atoms with Crippen LogP contribution in [0.25, 0.3) is 10.9 Å². The molecule has 3 N–H and O–H groups in total. The number of hydrogen-bond acceptors (Lipinski definition) is 5. The van der Waals surface area contributed by atoms with Crippen molar-refractivity contribution in [3.05, 3.63) is 59.8 Å². The molecule has 3 aromatic rings. The lowest BCUT2D eigenvalue weighted by atomic mass is 10.1. The van der Waals surface area contributed by atoms with E-state index in [0.717, 1.165) is 27.8 Å². The van der Waals surface area contributed by atoms with Gasteiger partial charge in [-0.2, -0.15) is 0 Å². The topological polar surface area (TPSA) is 74.6 Å². The highest BCUT2D eigenvalue weighted by molar-refractivity contribution is 5.95. The number of rotatable bonds is 5. The minimum atomic E-state index is -0.340. The molecule has 5 nitrogen and oxygen atoms in total. The molecule has 5 heteroatoms. The summed E-state index contributed by atoms with van der Waals surface area (Å²) in [6, 6.07) is 14.2. The summed E-state index contributed by atoms with van der Waals surface area (Å²) in [4.78, 5) is 4.56. The average Bonchev–Trinajstić information content (AvgIpc) is 2.58. The molecule has 0 amide bonds. The van der Waals surface area contributed by atoms with E-state index in [0.29, 0.717) is 5.75 Å². The van der Waals surface area contributed by atoms with Gasteiger partial charge in [0.25, 0.3) is 0 Å². The van der Waals surface area contributed by atoms with E-state index in [2.05, 4.69) is 10.3 Å². The molecule has 1 aromatic heterocycles. The van der Waals surface area contributed by atoms with Crippen molar-refractivity contribution in [2.75, 3.05) is 19.0 Å². The van der Waals surface area contributed by atoms with E-state index in [9.17, 15) is 10.2 Å². The number of para-hydroxylation sites is 1. The zero-order chi connectivity index (χ0) is 17.1. The normalized spacial score (nSPS) is 12.1. The van der Waals surface area contributed by atoms with Crippen molar-refractivity contribution in [3.8, 4) is 11.5 Å². The lowest BCUT2D eigenvalue weighted by Gasteiger charge is -2.20. The number of nitrogens with zero attached hydrogens (tertiary/aromatic N) is 1. The molecule has 1 unspecified atom stereocenters. The first-order chi connectivity index (χ1) is 11.6. The summed E-state index contributed by atoms with van der Waals surface area (Å²) in [5.41, 5.74) is 3.29. The van der Waals surface area contributed by atoms with Gasteiger partial charge in [-0.05, 0) is 36.8 Å². The van der Waals surface area contributed by atoms with Gasteiger partial charge < -0.3 is 20.3 Å². The highest BCUT2D eigenvalue weighted by Gasteiger charge is 2.14. The first-order valence-corrected chi connectivity index (χ1v) is 7.73. The molecule has 0 radical (unpaired) electrons. The second-order valence-electron chi connectivity index (χ2n) is 5.64. The van der Waals surface area contributed by atoms with E-state index < -0.39 is 0 Å². The number of phenolic OH excluding ortho intramolecular Hbond substituents is 1. The predicted molar refractivity (Wildman–Crippen MR) is 94.6 cm³/mol. The van der Waals surface area contributed by atoms with Crippen molar-refractivity contribution in [1.82, 2.24) is 4.98 Å². The molecule has 3 rings (SSSR count). The maximum absolute atomic E-state index is 9.79. The van der Waals surface area contributed by atoms with Gasteiger partial charge in [0.2, 0.25) is 0 Å². The van der Waals surface area contributed by atoms with Crippen LogP contribution in [0.5, 0.6) is 11.5 Å². The smallest absolute Gasteiger partial charge is 0.145 e. The summed E-state index contributed by atoms with van der Waals surface area (Å²) in [6.07, 6.45) is 0. The molecular weight excluding hydrogens is 304 g/mol. The fraction of sp³-hybridized carbons (Fsp3) is 0.211. The highest BCUT2D eigenvalue weighted by atomic mass is 16.5. The molecule has 0 saturated carbocycles. The molecule has 0 aliphatic heterocycles. The molecular formula is C19H20N2O3. The van der Waals surface area contributed by atoms with Crippen molar-refractivity contribution >= 4 is 16.6 Å². The van der Waals surface area contributed by atoms with Crippen LogP contribution in [0, 0.1) is 6.92 Å². The Balaban J connectivity index is 2.05. The first-order valence-electron chi connectivity index (χ1n) is 7.73. The maximum Gasteiger partial charge on any atom is 0.145 e. The third-order valence-electron chi connectivity index (χ3n) is 3.94. The summed E-state index contributed by atoms with van der Waals surface area (Å²) in [7, 11) is 1.62. The van der Waals surface area contributed by atoms with Gasteiger partial charge >= 0.3 is 0 Å². The molecule has 0 saturated heterocycles. The monoisotopic (exact) mass is 324 g/mol. The van der Waals surface area contributed by atoms with Crippen molar-refractivity contribution in [1.29, 1.82) is 0 Å². The summed E-state index contributed by atoms with van der Waals surface area (Å²) < 4.78 is 5.40. The first kappa shape index (κ1) is 16.1. The third-order valence-corrected chi connectivity index (χ3v) is 3.94. The van der Waals surface area contributed by atoms with Crippen LogP contribution in [0.4, 0.5) is 5.69 Å². The Labute approximate surface area is 140 Å². The Bertz CT molecular complexity index is 864. The van der Waals surface area contributed by atoms with Crippen molar-refractivity contribution in [3.63, 3.8) is 0 Å². The van der Waals surface area contributed by atoms with Crippen molar-refractivity contribution in [2.24, 2.45) is 0 Å². The minimum absolute atomic E-state index is 0.101. The Hall–Kier alpha value is -2.79. The van der Waals surface area contributed by atoms with Gasteiger partial charge in [0.05, 0.1) is 19.8 Å². The van der Waals surface area contributed by atoms with Gasteiger partial charge in [0.1, 0.15) is 17.0 Å². The number of nitrogens with one attached hydrogen (secondary N) is 1. The van der Waals surface area contributed by atoms with Crippen LogP contribution >= 0.6 is 0 Å². The standard InChI is InChI=1S/C19H20N2O3/c1-12-9-16(15-7-4-8-18(24-2)19(15)20-12)21-17(11-22)13-5-3-6-14(23)10-13/h3-10,17,22-23H,11H2,1-2H3,(H,20,21). The zero-order valence-corrected chi connectivity index (χ0v) is 13.7. The summed E-state index contributed by atoms with van der Waals surface area (Å²) in [5, 5.41) is 23.7. The summed E-state index contributed by atoms with van der Waals surface area (Å²) in [5.74, 6) is 0.877. The van der Waals surface area contributed by atoms with Gasteiger partial charge in [0.15, 0.2) is 0 Å². The van der Waals surface area contributed by atoms with E-state index in [1.807, 2.05) is 37.3 Å². The Morgan fingerprint density at radius 1 is 1.17 bits per heavy atom. The molecule has 1 atom stereocenters. The van der Waals surface area contributed by atoms with E-state index in [1.54, 1.807) is 25.3 Å². The molecule has 2 aromatic carbocycles. The highest BCUT2D eigenvalue weighted by Crippen LogP contribution is 2.32. The van der Waals surface area contributed by atoms with Gasteiger partial charge in [0, 0.05) is 16.8 Å². The van der Waals surface area contributed by atoms with Crippen LogP contribution in [0.15, 0.2) is 48.5 Å². The van der Waals surface area contributed by atoms with Crippen LogP contribution in [-0.2, 0) is 0 Å². The number of aliphatic hydroxyl groups excluding tert-OH is 1. The molecule has 0 bridgehead atoms. The summed E-state index contributed by atoms with van der Waals surface area (Å²) in [6.45, 7) is 1.82. The number of hydrogen-bond donors (Lipinski definition) is 3. The number of aryl methyl sites for hydroxylation is 1. The number of ether oxygens (including phenoxy) is 1. The number of aliphatic hydroxyl groups is 1. The van der Waals surface area contributed by atoms with Crippen molar-refractivity contribution in [2.45, 2.75) is 13.0 Å². The Morgan fingerprint density at radius 3 is 2.67 bits per heavy atom. The largest absolute Gasteiger partial charge is 0.508 e. The number of pyridine rings is 1. The van der Waals surface area contributed by atoms with Gasteiger partial charge in [-0.15, -0.1) is 0 Å². The molecule has 0 spiro atoms. The Morgan fingerprint density at radius 2 is 1.96 bits per heavy atom. The molecule has 1 heterocycles. The minimum Gasteiger partial charge on any atom is -0.508 e. The second kappa shape index (κ2) is 6.76. The lowest BCUT2D eigenvalue weighted by molar-refractivity contribution is 0.276. The van der Waals surface area contributed by atoms with Gasteiger partial charge in [-0.25, -0.2) is 4.98 Å². The number of fused-ring (bicyclic) bond motifs is 1. The number of phenols is 1. The molecule has 0 aliphatic carbocycles. The number of aromatic hydroxyl groups is 1. The van der Waals surface area contributed by atoms with Gasteiger partial charge in [-0.1, -0.05) is 24.3 Å². The van der Waals surface area contributed by atoms with Crippen LogP contribution < -0.4 is 10.1 Å². The van der Waals surface area contributed by atoms with Crippen LogP contribution in [0.1, 0.15) is 17.3 Å². The number of aromatic nitrogens is 1. The quantitative estimate of drug-likeness (QED) is 0.671. The number of benzene rings is 2. The van der Waals surface area contributed by atoms with Crippen LogP contribution in [0.2, 0.25) is 0 Å². The molecule has 0 fully saturated rings. The van der Waals surface area contributed by atoms with E-state index in [1.165, 1.54) is 0 Å². The predicted octanol–water partition coefficient (Wildman–Crippen LogP) is 3.40. The molecule has 124 valence electrons. The summed E-state index contributed by atoms with van der Waals surface area (Å²) >= 11 is 0. The van der Waals surface area contributed by atoms with E-state index >= 15 is 0 Å². The third kappa shape index (κ3) is 3.12. The zero-order valence-electron chi connectivity index (χ0n) is 13.7. The Kier molecular flexibility index (Phi) is 4.53. The number of anilines is 1. The number of methoxy groups -OCH3 is 1. The van der Waals surface area contributed by atoms with Gasteiger partial charge in [-0.3, -0.25) is 0 Å². The van der Waals surface area contributed by atoms with E-state index in [4.69, 9.17) is 4.74 Å². The molecule has 0 aliphatic rings. The average molecular weight is 324 g/mol. The molecule has 24 heavy (non-hydrogen) atoms. The lowest BCUT2D eigenvalue weighted by Crippen LogP contribution is -2.15. The fourth-order valence-electron chi connectivity index (χ4n) is 2.80.